The van der Waals surface area contributed by atoms with Gasteiger partial charge in [0.1, 0.15) is 12.4 Å². The van der Waals surface area contributed by atoms with E-state index in [0.717, 1.165) is 11.1 Å². The number of hydrogen-bond acceptors (Lipinski definition) is 6. The van der Waals surface area contributed by atoms with E-state index in [1.807, 2.05) is 66.7 Å². The molecule has 0 aliphatic rings. The van der Waals surface area contributed by atoms with E-state index < -0.39 is 17.0 Å². The summed E-state index contributed by atoms with van der Waals surface area (Å²) in [6, 6.07) is 17.3. The van der Waals surface area contributed by atoms with Gasteiger partial charge >= 0.3 is 5.97 Å². The number of hydrogen-bond donors (Lipinski definition) is 0. The SMILES string of the molecule is CCOC(=O)C(/C=C/c1ccccc1OC/C=C/c1ccccc1)=N\OS(C)=O. The highest BCUT2D eigenvalue weighted by molar-refractivity contribution is 7.79. The Hall–Kier alpha value is -3.19. The summed E-state index contributed by atoms with van der Waals surface area (Å²) in [5.41, 5.74) is 1.74. The molecule has 0 spiro atoms. The fourth-order valence-electron chi connectivity index (χ4n) is 2.24. The molecule has 6 nitrogen and oxygen atoms in total. The highest BCUT2D eigenvalue weighted by Gasteiger charge is 2.11. The molecular weight excluding hydrogens is 390 g/mol. The number of oxime groups is 1. The maximum atomic E-state index is 12.0. The van der Waals surface area contributed by atoms with Crippen LogP contribution < -0.4 is 4.74 Å². The molecule has 2 aromatic carbocycles. The first-order chi connectivity index (χ1) is 14.1. The minimum Gasteiger partial charge on any atom is -0.489 e. The third-order valence-corrected chi connectivity index (χ3v) is 3.79. The minimum absolute atomic E-state index is 0.0965. The number of nitrogens with zero attached hydrogens (tertiary/aromatic N) is 1. The van der Waals surface area contributed by atoms with E-state index in [-0.39, 0.29) is 12.3 Å². The predicted octanol–water partition coefficient (Wildman–Crippen LogP) is 4.02. The lowest BCUT2D eigenvalue weighted by Gasteiger charge is -2.07. The number of esters is 1. The molecule has 0 aliphatic carbocycles. The Morgan fingerprint density at radius 3 is 2.52 bits per heavy atom. The van der Waals surface area contributed by atoms with Gasteiger partial charge in [-0.1, -0.05) is 59.8 Å². The van der Waals surface area contributed by atoms with Crippen LogP contribution in [0.2, 0.25) is 0 Å². The number of rotatable bonds is 10. The van der Waals surface area contributed by atoms with Crippen molar-refractivity contribution < 1.29 is 22.8 Å². The van der Waals surface area contributed by atoms with Crippen LogP contribution in [0.1, 0.15) is 18.1 Å². The maximum Gasteiger partial charge on any atom is 0.360 e. The quantitative estimate of drug-likeness (QED) is 0.334. The monoisotopic (exact) mass is 413 g/mol. The fourth-order valence-corrected chi connectivity index (χ4v) is 2.42. The van der Waals surface area contributed by atoms with Gasteiger partial charge in [0.05, 0.1) is 12.9 Å². The normalized spacial score (nSPS) is 12.8. The molecule has 0 aromatic heterocycles. The molecule has 2 rings (SSSR count). The standard InChI is InChI=1S/C22H23NO5S/c1-3-26-22(24)20(23-28-29(2)25)16-15-19-13-7-8-14-21(19)27-17-9-12-18-10-5-4-6-11-18/h4-16H,3,17H2,1-2H3/b12-9+,16-15+,23-20-. The zero-order chi connectivity index (χ0) is 20.9. The van der Waals surface area contributed by atoms with Crippen molar-refractivity contribution in [2.75, 3.05) is 19.5 Å². The van der Waals surface area contributed by atoms with Crippen molar-refractivity contribution in [3.8, 4) is 5.75 Å². The molecule has 2 aromatic rings. The van der Waals surface area contributed by atoms with Crippen molar-refractivity contribution in [2.45, 2.75) is 6.92 Å². The van der Waals surface area contributed by atoms with Crippen molar-refractivity contribution in [3.63, 3.8) is 0 Å². The first kappa shape index (κ1) is 22.1. The highest BCUT2D eigenvalue weighted by atomic mass is 32.2. The van der Waals surface area contributed by atoms with E-state index in [1.54, 1.807) is 13.0 Å². The number of benzene rings is 2. The Labute approximate surface area is 173 Å². The third kappa shape index (κ3) is 8.15. The molecule has 0 saturated heterocycles. The van der Waals surface area contributed by atoms with E-state index in [0.29, 0.717) is 12.4 Å². The van der Waals surface area contributed by atoms with Crippen molar-refractivity contribution >= 4 is 34.9 Å². The van der Waals surface area contributed by atoms with Gasteiger partial charge in [-0.3, -0.25) is 4.28 Å². The Balaban J connectivity index is 2.09. The van der Waals surface area contributed by atoms with Gasteiger partial charge in [-0.15, -0.1) is 0 Å². The summed E-state index contributed by atoms with van der Waals surface area (Å²) >= 11 is -1.64. The summed E-state index contributed by atoms with van der Waals surface area (Å²) in [5, 5.41) is 3.60. The van der Waals surface area contributed by atoms with E-state index in [2.05, 4.69) is 9.44 Å². The number of carbonyl (C=O) groups is 1. The van der Waals surface area contributed by atoms with E-state index in [4.69, 9.17) is 9.47 Å². The number of para-hydroxylation sites is 1. The average Bonchev–Trinajstić information content (AvgIpc) is 2.72. The largest absolute Gasteiger partial charge is 0.489 e. The summed E-state index contributed by atoms with van der Waals surface area (Å²) in [7, 11) is 0. The predicted molar refractivity (Wildman–Crippen MR) is 116 cm³/mol. The molecule has 0 heterocycles. The number of carbonyl (C=O) groups excluding carboxylic acids is 1. The van der Waals surface area contributed by atoms with Gasteiger partial charge in [0.15, 0.2) is 5.71 Å². The van der Waals surface area contributed by atoms with Crippen molar-refractivity contribution in [3.05, 3.63) is 77.9 Å². The van der Waals surface area contributed by atoms with E-state index >= 15 is 0 Å². The van der Waals surface area contributed by atoms with Gasteiger partial charge in [0.25, 0.3) is 0 Å². The van der Waals surface area contributed by atoms with Crippen molar-refractivity contribution in [1.29, 1.82) is 0 Å². The molecule has 0 aliphatic heterocycles. The fraction of sp³-hybridized carbons (Fsp3) is 0.182. The summed E-state index contributed by atoms with van der Waals surface area (Å²) in [6.45, 7) is 2.26. The second kappa shape index (κ2) is 12.3. The van der Waals surface area contributed by atoms with E-state index in [9.17, 15) is 9.00 Å². The van der Waals surface area contributed by atoms with Crippen LogP contribution in [0.4, 0.5) is 0 Å². The molecule has 1 atom stereocenters. The van der Waals surface area contributed by atoms with Crippen LogP contribution in [-0.4, -0.2) is 35.4 Å². The van der Waals surface area contributed by atoms with Gasteiger partial charge in [-0.05, 0) is 36.8 Å². The zero-order valence-electron chi connectivity index (χ0n) is 16.3. The lowest BCUT2D eigenvalue weighted by Crippen LogP contribution is -2.16. The second-order valence-corrected chi connectivity index (χ2v) is 6.62. The molecule has 29 heavy (non-hydrogen) atoms. The van der Waals surface area contributed by atoms with Crippen LogP contribution in [-0.2, 0) is 24.9 Å². The van der Waals surface area contributed by atoms with Crippen LogP contribution >= 0.6 is 0 Å². The molecule has 7 heteroatoms. The molecule has 0 fully saturated rings. The van der Waals surface area contributed by atoms with Crippen LogP contribution in [0.25, 0.3) is 12.2 Å². The highest BCUT2D eigenvalue weighted by Crippen LogP contribution is 2.19. The Bertz CT molecular complexity index is 906. The van der Waals surface area contributed by atoms with Crippen molar-refractivity contribution in [1.82, 2.24) is 0 Å². The Kier molecular flexibility index (Phi) is 9.38. The lowest BCUT2D eigenvalue weighted by molar-refractivity contribution is -0.135. The van der Waals surface area contributed by atoms with Gasteiger partial charge < -0.3 is 9.47 Å². The van der Waals surface area contributed by atoms with Crippen LogP contribution in [0.5, 0.6) is 5.75 Å². The van der Waals surface area contributed by atoms with Crippen LogP contribution in [0, 0.1) is 0 Å². The second-order valence-electron chi connectivity index (χ2n) is 5.67. The summed E-state index contributed by atoms with van der Waals surface area (Å²) in [5.74, 6) is -0.0250. The molecule has 0 N–H and O–H groups in total. The summed E-state index contributed by atoms with van der Waals surface area (Å²) < 4.78 is 26.5. The molecule has 0 bridgehead atoms. The van der Waals surface area contributed by atoms with Crippen LogP contribution in [0.3, 0.4) is 0 Å². The minimum atomic E-state index is -1.64. The van der Waals surface area contributed by atoms with Gasteiger partial charge in [-0.25, -0.2) is 9.00 Å². The molecule has 152 valence electrons. The molecule has 0 saturated carbocycles. The summed E-state index contributed by atoms with van der Waals surface area (Å²) in [6.07, 6.45) is 8.31. The number of ether oxygens (including phenoxy) is 2. The molecular formula is C22H23NO5S. The average molecular weight is 413 g/mol. The van der Waals surface area contributed by atoms with Crippen molar-refractivity contribution in [2.24, 2.45) is 5.16 Å². The maximum absolute atomic E-state index is 12.0. The summed E-state index contributed by atoms with van der Waals surface area (Å²) in [4.78, 5) is 12.0. The van der Waals surface area contributed by atoms with Crippen LogP contribution in [0.15, 0.2) is 71.9 Å². The first-order valence-electron chi connectivity index (χ1n) is 8.97. The molecule has 0 radical (unpaired) electrons. The third-order valence-electron chi connectivity index (χ3n) is 3.51. The van der Waals surface area contributed by atoms with Gasteiger partial charge in [-0.2, -0.15) is 0 Å². The Morgan fingerprint density at radius 2 is 1.79 bits per heavy atom. The first-order valence-corrected chi connectivity index (χ1v) is 10.5. The smallest absolute Gasteiger partial charge is 0.360 e. The van der Waals surface area contributed by atoms with Gasteiger partial charge in [0.2, 0.25) is 11.1 Å². The topological polar surface area (TPSA) is 74.2 Å². The van der Waals surface area contributed by atoms with Gasteiger partial charge in [0, 0.05) is 5.56 Å². The molecule has 0 amide bonds. The zero-order valence-corrected chi connectivity index (χ0v) is 17.1. The lowest BCUT2D eigenvalue weighted by atomic mass is 10.1. The molecule has 1 unspecified atom stereocenters. The Morgan fingerprint density at radius 1 is 1.07 bits per heavy atom. The van der Waals surface area contributed by atoms with E-state index in [1.165, 1.54) is 12.3 Å².